The molecule has 0 radical (unpaired) electrons. The van der Waals surface area contributed by atoms with Crippen molar-refractivity contribution in [3.05, 3.63) is 29.6 Å². The molecule has 2 nitrogen and oxygen atoms in total. The first-order valence-corrected chi connectivity index (χ1v) is 7.36. The molecule has 2 aliphatic rings. The Balaban J connectivity index is 1.75. The quantitative estimate of drug-likeness (QED) is 0.894. The van der Waals surface area contributed by atoms with E-state index in [1.807, 2.05) is 6.07 Å². The van der Waals surface area contributed by atoms with Crippen molar-refractivity contribution < 1.29 is 4.39 Å². The van der Waals surface area contributed by atoms with Crippen LogP contribution in [-0.4, -0.2) is 18.1 Å². The fourth-order valence-corrected chi connectivity index (χ4v) is 2.98. The van der Waals surface area contributed by atoms with E-state index >= 15 is 0 Å². The summed E-state index contributed by atoms with van der Waals surface area (Å²) in [4.78, 5) is 2.21. The molecule has 0 unspecified atom stereocenters. The number of nitrogens with one attached hydrogen (secondary N) is 1. The number of halogens is 1. The maximum Gasteiger partial charge on any atom is 0.146 e. The van der Waals surface area contributed by atoms with Gasteiger partial charge in [-0.25, -0.2) is 4.39 Å². The van der Waals surface area contributed by atoms with Gasteiger partial charge in [-0.05, 0) is 57.2 Å². The van der Waals surface area contributed by atoms with Crippen molar-refractivity contribution >= 4 is 5.69 Å². The molecule has 0 amide bonds. The fourth-order valence-electron chi connectivity index (χ4n) is 2.98. The lowest BCUT2D eigenvalue weighted by Gasteiger charge is -2.34. The van der Waals surface area contributed by atoms with Crippen molar-refractivity contribution in [1.82, 2.24) is 5.32 Å². The minimum Gasteiger partial charge on any atom is -0.364 e. The average Bonchev–Trinajstić information content (AvgIpc) is 3.11. The van der Waals surface area contributed by atoms with E-state index in [4.69, 9.17) is 0 Å². The zero-order chi connectivity index (χ0) is 13.5. The highest BCUT2D eigenvalue weighted by molar-refractivity contribution is 5.52. The number of hydrogen-bond donors (Lipinski definition) is 1. The second kappa shape index (κ2) is 4.78. The van der Waals surface area contributed by atoms with Gasteiger partial charge in [-0.3, -0.25) is 0 Å². The Bertz CT molecular complexity index is 466. The summed E-state index contributed by atoms with van der Waals surface area (Å²) in [6, 6.07) is 6.37. The molecule has 1 saturated carbocycles. The Morgan fingerprint density at radius 3 is 2.74 bits per heavy atom. The topological polar surface area (TPSA) is 15.3 Å². The SMILES string of the molecule is CC1(C)CCCN1c1ccc(CNC2CC2)cc1F. The first-order valence-electron chi connectivity index (χ1n) is 7.36. The maximum absolute atomic E-state index is 14.3. The molecule has 1 saturated heterocycles. The number of benzene rings is 1. The van der Waals surface area contributed by atoms with Crippen LogP contribution in [0.25, 0.3) is 0 Å². The van der Waals surface area contributed by atoms with Crippen LogP contribution >= 0.6 is 0 Å². The van der Waals surface area contributed by atoms with Crippen LogP contribution in [0.15, 0.2) is 18.2 Å². The van der Waals surface area contributed by atoms with Crippen molar-refractivity contribution in [1.29, 1.82) is 0 Å². The summed E-state index contributed by atoms with van der Waals surface area (Å²) in [7, 11) is 0. The van der Waals surface area contributed by atoms with Gasteiger partial charge in [0.25, 0.3) is 0 Å². The molecule has 3 rings (SSSR count). The maximum atomic E-state index is 14.3. The minimum atomic E-state index is -0.0786. The lowest BCUT2D eigenvalue weighted by Crippen LogP contribution is -2.38. The number of hydrogen-bond acceptors (Lipinski definition) is 2. The summed E-state index contributed by atoms with van der Waals surface area (Å²) in [6.07, 6.45) is 4.82. The van der Waals surface area contributed by atoms with E-state index in [0.717, 1.165) is 37.2 Å². The second-order valence-electron chi connectivity index (χ2n) is 6.51. The van der Waals surface area contributed by atoms with Crippen LogP contribution in [0.1, 0.15) is 45.1 Å². The van der Waals surface area contributed by atoms with Gasteiger partial charge >= 0.3 is 0 Å². The Kier molecular flexibility index (Phi) is 3.25. The van der Waals surface area contributed by atoms with Gasteiger partial charge in [0, 0.05) is 24.7 Å². The van der Waals surface area contributed by atoms with Gasteiger partial charge in [0.05, 0.1) is 5.69 Å². The Hall–Kier alpha value is -1.09. The van der Waals surface area contributed by atoms with Gasteiger partial charge in [0.15, 0.2) is 0 Å². The molecule has 1 aliphatic carbocycles. The lowest BCUT2D eigenvalue weighted by molar-refractivity contribution is 0.506. The van der Waals surface area contributed by atoms with Crippen LogP contribution < -0.4 is 10.2 Å². The highest BCUT2D eigenvalue weighted by Crippen LogP contribution is 2.35. The monoisotopic (exact) mass is 262 g/mol. The van der Waals surface area contributed by atoms with Crippen LogP contribution in [-0.2, 0) is 6.54 Å². The lowest BCUT2D eigenvalue weighted by atomic mass is 10.0. The first kappa shape index (κ1) is 12.9. The molecular weight excluding hydrogens is 239 g/mol. The molecule has 0 atom stereocenters. The smallest absolute Gasteiger partial charge is 0.146 e. The molecule has 3 heteroatoms. The van der Waals surface area contributed by atoms with Gasteiger partial charge in [-0.2, -0.15) is 0 Å². The highest BCUT2D eigenvalue weighted by atomic mass is 19.1. The molecule has 104 valence electrons. The Morgan fingerprint density at radius 2 is 2.16 bits per heavy atom. The van der Waals surface area contributed by atoms with E-state index in [1.165, 1.54) is 12.8 Å². The molecule has 1 aromatic rings. The molecule has 1 aliphatic heterocycles. The summed E-state index contributed by atoms with van der Waals surface area (Å²) in [5, 5.41) is 3.43. The van der Waals surface area contributed by atoms with E-state index < -0.39 is 0 Å². The molecule has 0 spiro atoms. The highest BCUT2D eigenvalue weighted by Gasteiger charge is 2.33. The predicted molar refractivity (Wildman–Crippen MR) is 76.9 cm³/mol. The van der Waals surface area contributed by atoms with Crippen molar-refractivity contribution in [2.24, 2.45) is 0 Å². The van der Waals surface area contributed by atoms with Crippen LogP contribution in [0.2, 0.25) is 0 Å². The summed E-state index contributed by atoms with van der Waals surface area (Å²) in [5.41, 5.74) is 1.89. The number of nitrogens with zero attached hydrogens (tertiary/aromatic N) is 1. The van der Waals surface area contributed by atoms with E-state index in [9.17, 15) is 4.39 Å². The summed E-state index contributed by atoms with van der Waals surface area (Å²) >= 11 is 0. The van der Waals surface area contributed by atoms with Crippen LogP contribution in [0.4, 0.5) is 10.1 Å². The Labute approximate surface area is 115 Å². The molecule has 2 fully saturated rings. The predicted octanol–water partition coefficient (Wildman–Crippen LogP) is 3.46. The van der Waals surface area contributed by atoms with Gasteiger partial charge in [0.2, 0.25) is 0 Å². The third-order valence-corrected chi connectivity index (χ3v) is 4.38. The van der Waals surface area contributed by atoms with Crippen molar-refractivity contribution in [2.45, 2.75) is 57.7 Å². The van der Waals surface area contributed by atoms with Gasteiger partial charge in [-0.1, -0.05) is 6.07 Å². The van der Waals surface area contributed by atoms with E-state index in [0.29, 0.717) is 6.04 Å². The molecule has 1 aromatic carbocycles. The first-order chi connectivity index (χ1) is 9.06. The zero-order valence-corrected chi connectivity index (χ0v) is 11.9. The van der Waals surface area contributed by atoms with Crippen LogP contribution in [0.5, 0.6) is 0 Å². The Morgan fingerprint density at radius 1 is 1.37 bits per heavy atom. The minimum absolute atomic E-state index is 0.0780. The normalized spacial score (nSPS) is 21.9. The standard InChI is InChI=1S/C16H23FN2/c1-16(2)8-3-9-19(16)15-7-4-12(10-14(15)17)11-18-13-5-6-13/h4,7,10,13,18H,3,5-6,8-9,11H2,1-2H3. The number of rotatable bonds is 4. The molecule has 0 aromatic heterocycles. The largest absolute Gasteiger partial charge is 0.364 e. The third-order valence-electron chi connectivity index (χ3n) is 4.38. The second-order valence-corrected chi connectivity index (χ2v) is 6.51. The average molecular weight is 262 g/mol. The summed E-state index contributed by atoms with van der Waals surface area (Å²) in [6.45, 7) is 6.14. The van der Waals surface area contributed by atoms with Crippen molar-refractivity contribution in [2.75, 3.05) is 11.4 Å². The molecular formula is C16H23FN2. The van der Waals surface area contributed by atoms with Gasteiger partial charge in [-0.15, -0.1) is 0 Å². The molecule has 19 heavy (non-hydrogen) atoms. The molecule has 1 N–H and O–H groups in total. The number of anilines is 1. The van der Waals surface area contributed by atoms with E-state index in [1.54, 1.807) is 6.07 Å². The van der Waals surface area contributed by atoms with Crippen molar-refractivity contribution in [3.63, 3.8) is 0 Å². The fraction of sp³-hybridized carbons (Fsp3) is 0.625. The van der Waals surface area contributed by atoms with E-state index in [-0.39, 0.29) is 11.4 Å². The van der Waals surface area contributed by atoms with Crippen LogP contribution in [0.3, 0.4) is 0 Å². The van der Waals surface area contributed by atoms with Gasteiger partial charge in [0.1, 0.15) is 5.82 Å². The summed E-state index contributed by atoms with van der Waals surface area (Å²) in [5.74, 6) is -0.0786. The third kappa shape index (κ3) is 2.76. The molecule has 1 heterocycles. The summed E-state index contributed by atoms with van der Waals surface area (Å²) < 4.78 is 14.3. The van der Waals surface area contributed by atoms with E-state index in [2.05, 4.69) is 30.1 Å². The van der Waals surface area contributed by atoms with Crippen molar-refractivity contribution in [3.8, 4) is 0 Å². The van der Waals surface area contributed by atoms with Crippen LogP contribution in [0, 0.1) is 5.82 Å². The van der Waals surface area contributed by atoms with Gasteiger partial charge < -0.3 is 10.2 Å². The zero-order valence-electron chi connectivity index (χ0n) is 11.9. The molecule has 0 bridgehead atoms.